The van der Waals surface area contributed by atoms with Crippen LogP contribution >= 0.6 is 24.0 Å². The molecule has 0 bridgehead atoms. The van der Waals surface area contributed by atoms with Gasteiger partial charge >= 0.3 is 0 Å². The number of hydrogen-bond acceptors (Lipinski definition) is 4. The predicted octanol–water partition coefficient (Wildman–Crippen LogP) is 2.74. The molecule has 0 amide bonds. The molecule has 1 saturated heterocycles. The fourth-order valence-electron chi connectivity index (χ4n) is 2.91. The van der Waals surface area contributed by atoms with Crippen LogP contribution in [0.5, 0.6) is 0 Å². The minimum Gasteiger partial charge on any atom is -0.378 e. The SMILES string of the molecule is CN(C)C(=NCc1ccccc1)NCc1cccnc1N1CCOCC1.I. The van der Waals surface area contributed by atoms with Crippen LogP contribution in [0.3, 0.4) is 0 Å². The van der Waals surface area contributed by atoms with Gasteiger partial charge in [-0.15, -0.1) is 24.0 Å². The summed E-state index contributed by atoms with van der Waals surface area (Å²) in [5.41, 5.74) is 2.37. The standard InChI is InChI=1S/C20H27N5O.HI/c1-24(2)20(22-15-17-7-4-3-5-8-17)23-16-18-9-6-10-21-19(18)25-11-13-26-14-12-25;/h3-10H,11-16H2,1-2H3,(H,22,23);1H. The van der Waals surface area contributed by atoms with Crippen LogP contribution in [0, 0.1) is 0 Å². The van der Waals surface area contributed by atoms with Gasteiger partial charge in [0.2, 0.25) is 0 Å². The van der Waals surface area contributed by atoms with Crippen molar-refractivity contribution in [3.8, 4) is 0 Å². The Morgan fingerprint density at radius 1 is 1.15 bits per heavy atom. The van der Waals surface area contributed by atoms with Crippen LogP contribution in [0.15, 0.2) is 53.7 Å². The van der Waals surface area contributed by atoms with Crippen LogP contribution in [-0.4, -0.2) is 56.2 Å². The van der Waals surface area contributed by atoms with Crippen LogP contribution in [-0.2, 0) is 17.8 Å². The Balaban J connectivity index is 0.00000261. The van der Waals surface area contributed by atoms with Crippen molar-refractivity contribution in [2.24, 2.45) is 4.99 Å². The summed E-state index contributed by atoms with van der Waals surface area (Å²) in [6.45, 7) is 4.62. The first kappa shape index (κ1) is 21.4. The third kappa shape index (κ3) is 6.35. The number of nitrogens with one attached hydrogen (secondary N) is 1. The minimum atomic E-state index is 0. The second kappa shape index (κ2) is 11.1. The summed E-state index contributed by atoms with van der Waals surface area (Å²) in [5.74, 6) is 1.90. The third-order valence-electron chi connectivity index (χ3n) is 4.29. The molecule has 146 valence electrons. The molecule has 1 aromatic heterocycles. The zero-order valence-corrected chi connectivity index (χ0v) is 18.3. The molecule has 2 aromatic rings. The fraction of sp³-hybridized carbons (Fsp3) is 0.400. The van der Waals surface area contributed by atoms with E-state index in [1.165, 1.54) is 11.1 Å². The maximum absolute atomic E-state index is 5.45. The molecule has 3 rings (SSSR count). The van der Waals surface area contributed by atoms with Crippen LogP contribution in [0.4, 0.5) is 5.82 Å². The van der Waals surface area contributed by atoms with Crippen molar-refractivity contribution in [1.82, 2.24) is 15.2 Å². The Morgan fingerprint density at radius 3 is 2.59 bits per heavy atom. The monoisotopic (exact) mass is 481 g/mol. The van der Waals surface area contributed by atoms with E-state index in [9.17, 15) is 0 Å². The van der Waals surface area contributed by atoms with E-state index in [0.29, 0.717) is 13.1 Å². The molecular formula is C20H28IN5O. The summed E-state index contributed by atoms with van der Waals surface area (Å²) in [6.07, 6.45) is 1.85. The highest BCUT2D eigenvalue weighted by Crippen LogP contribution is 2.18. The first-order valence-electron chi connectivity index (χ1n) is 9.00. The maximum Gasteiger partial charge on any atom is 0.194 e. The second-order valence-corrected chi connectivity index (χ2v) is 6.46. The highest BCUT2D eigenvalue weighted by atomic mass is 127. The summed E-state index contributed by atoms with van der Waals surface area (Å²) in [4.78, 5) is 13.6. The lowest BCUT2D eigenvalue weighted by atomic mass is 10.2. The molecule has 0 spiro atoms. The summed E-state index contributed by atoms with van der Waals surface area (Å²) in [6, 6.07) is 14.4. The Labute approximate surface area is 178 Å². The first-order chi connectivity index (χ1) is 12.7. The lowest BCUT2D eigenvalue weighted by molar-refractivity contribution is 0.122. The van der Waals surface area contributed by atoms with E-state index in [1.54, 1.807) is 0 Å². The van der Waals surface area contributed by atoms with Crippen LogP contribution < -0.4 is 10.2 Å². The molecule has 1 fully saturated rings. The molecular weight excluding hydrogens is 453 g/mol. The molecule has 27 heavy (non-hydrogen) atoms. The van der Waals surface area contributed by atoms with Gasteiger partial charge < -0.3 is 19.9 Å². The molecule has 6 nitrogen and oxygen atoms in total. The van der Waals surface area contributed by atoms with Crippen molar-refractivity contribution in [3.63, 3.8) is 0 Å². The zero-order chi connectivity index (χ0) is 18.2. The van der Waals surface area contributed by atoms with E-state index < -0.39 is 0 Å². The van der Waals surface area contributed by atoms with E-state index in [1.807, 2.05) is 49.5 Å². The van der Waals surface area contributed by atoms with Gasteiger partial charge in [-0.2, -0.15) is 0 Å². The van der Waals surface area contributed by atoms with Crippen molar-refractivity contribution >= 4 is 35.8 Å². The van der Waals surface area contributed by atoms with Crippen molar-refractivity contribution in [3.05, 3.63) is 59.8 Å². The van der Waals surface area contributed by atoms with Gasteiger partial charge in [0.15, 0.2) is 5.96 Å². The van der Waals surface area contributed by atoms with Crippen molar-refractivity contribution < 1.29 is 4.74 Å². The number of morpholine rings is 1. The molecule has 0 aliphatic carbocycles. The molecule has 7 heteroatoms. The largest absolute Gasteiger partial charge is 0.378 e. The molecule has 0 radical (unpaired) electrons. The number of anilines is 1. The zero-order valence-electron chi connectivity index (χ0n) is 16.0. The Bertz CT molecular complexity index is 717. The number of halogens is 1. The van der Waals surface area contributed by atoms with E-state index >= 15 is 0 Å². The Hall–Kier alpha value is -1.87. The lowest BCUT2D eigenvalue weighted by Gasteiger charge is -2.29. The molecule has 0 unspecified atom stereocenters. The smallest absolute Gasteiger partial charge is 0.194 e. The Morgan fingerprint density at radius 2 is 1.89 bits per heavy atom. The molecule has 1 N–H and O–H groups in total. The fourth-order valence-corrected chi connectivity index (χ4v) is 2.91. The summed E-state index contributed by atoms with van der Waals surface area (Å²) in [5, 5.41) is 3.46. The number of pyridine rings is 1. The molecule has 1 aromatic carbocycles. The third-order valence-corrected chi connectivity index (χ3v) is 4.29. The number of benzene rings is 1. The predicted molar refractivity (Wildman–Crippen MR) is 121 cm³/mol. The number of nitrogens with zero attached hydrogens (tertiary/aromatic N) is 4. The summed E-state index contributed by atoms with van der Waals surface area (Å²) < 4.78 is 5.45. The highest BCUT2D eigenvalue weighted by Gasteiger charge is 2.16. The van der Waals surface area contributed by atoms with Gasteiger partial charge in [-0.25, -0.2) is 9.98 Å². The quantitative estimate of drug-likeness (QED) is 0.405. The van der Waals surface area contributed by atoms with E-state index in [4.69, 9.17) is 9.73 Å². The van der Waals surface area contributed by atoms with Gasteiger partial charge in [0.25, 0.3) is 0 Å². The number of ether oxygens (including phenoxy) is 1. The van der Waals surface area contributed by atoms with Crippen molar-refractivity contribution in [2.75, 3.05) is 45.3 Å². The number of guanidine groups is 1. The number of hydrogen-bond donors (Lipinski definition) is 1. The topological polar surface area (TPSA) is 53.0 Å². The number of aromatic nitrogens is 1. The van der Waals surface area contributed by atoms with Crippen LogP contribution in [0.1, 0.15) is 11.1 Å². The Kier molecular flexibility index (Phi) is 8.80. The summed E-state index contributed by atoms with van der Waals surface area (Å²) in [7, 11) is 4.01. The first-order valence-corrected chi connectivity index (χ1v) is 9.00. The average molecular weight is 481 g/mol. The highest BCUT2D eigenvalue weighted by molar-refractivity contribution is 14.0. The van der Waals surface area contributed by atoms with Gasteiger partial charge in [-0.05, 0) is 11.6 Å². The van der Waals surface area contributed by atoms with Gasteiger partial charge in [0.1, 0.15) is 5.82 Å². The summed E-state index contributed by atoms with van der Waals surface area (Å²) >= 11 is 0. The van der Waals surface area contributed by atoms with E-state index in [2.05, 4.69) is 33.4 Å². The van der Waals surface area contributed by atoms with E-state index in [-0.39, 0.29) is 24.0 Å². The van der Waals surface area contributed by atoms with E-state index in [0.717, 1.165) is 38.1 Å². The van der Waals surface area contributed by atoms with Crippen molar-refractivity contribution in [1.29, 1.82) is 0 Å². The van der Waals surface area contributed by atoms with Gasteiger partial charge in [-0.1, -0.05) is 36.4 Å². The average Bonchev–Trinajstić information content (AvgIpc) is 2.69. The number of aliphatic imine (C=N–C) groups is 1. The number of rotatable bonds is 5. The van der Waals surface area contributed by atoms with Crippen molar-refractivity contribution in [2.45, 2.75) is 13.1 Å². The van der Waals surface area contributed by atoms with Gasteiger partial charge in [-0.3, -0.25) is 0 Å². The molecule has 0 saturated carbocycles. The van der Waals surface area contributed by atoms with Crippen LogP contribution in [0.25, 0.3) is 0 Å². The minimum absolute atomic E-state index is 0. The lowest BCUT2D eigenvalue weighted by Crippen LogP contribution is -2.39. The normalized spacial score (nSPS) is 14.4. The van der Waals surface area contributed by atoms with Crippen LogP contribution in [0.2, 0.25) is 0 Å². The van der Waals surface area contributed by atoms with Gasteiger partial charge in [0, 0.05) is 45.5 Å². The van der Waals surface area contributed by atoms with Gasteiger partial charge in [0.05, 0.1) is 19.8 Å². The maximum atomic E-state index is 5.45. The molecule has 1 aliphatic heterocycles. The second-order valence-electron chi connectivity index (χ2n) is 6.46. The molecule has 1 aliphatic rings. The molecule has 0 atom stereocenters. The molecule has 2 heterocycles.